The summed E-state index contributed by atoms with van der Waals surface area (Å²) < 4.78 is 0. The van der Waals surface area contributed by atoms with Crippen LogP contribution in [0.5, 0.6) is 0 Å². The first-order valence-electron chi connectivity index (χ1n) is 8.32. The van der Waals surface area contributed by atoms with Crippen molar-refractivity contribution >= 4 is 11.9 Å². The number of nitrogens with zero attached hydrogens (tertiary/aromatic N) is 2. The van der Waals surface area contributed by atoms with Crippen LogP contribution in [0.2, 0.25) is 0 Å². The molecule has 3 rings (SSSR count). The van der Waals surface area contributed by atoms with Gasteiger partial charge in [-0.3, -0.25) is 4.79 Å². The van der Waals surface area contributed by atoms with Crippen LogP contribution in [0.1, 0.15) is 38.5 Å². The van der Waals surface area contributed by atoms with Crippen molar-refractivity contribution in [2.75, 3.05) is 32.7 Å². The summed E-state index contributed by atoms with van der Waals surface area (Å²) in [6.45, 7) is 4.09. The van der Waals surface area contributed by atoms with E-state index in [1.165, 1.54) is 12.8 Å². The molecule has 0 aromatic heterocycles. The van der Waals surface area contributed by atoms with E-state index in [1.807, 2.05) is 9.80 Å². The summed E-state index contributed by atoms with van der Waals surface area (Å²) >= 11 is 0. The van der Waals surface area contributed by atoms with Gasteiger partial charge in [-0.05, 0) is 32.2 Å². The molecule has 21 heavy (non-hydrogen) atoms. The fourth-order valence-corrected chi connectivity index (χ4v) is 3.69. The van der Waals surface area contributed by atoms with Crippen LogP contribution in [0.15, 0.2) is 0 Å². The van der Waals surface area contributed by atoms with Gasteiger partial charge in [0.15, 0.2) is 0 Å². The van der Waals surface area contributed by atoms with E-state index < -0.39 is 0 Å². The van der Waals surface area contributed by atoms with Crippen molar-refractivity contribution < 1.29 is 9.59 Å². The lowest BCUT2D eigenvalue weighted by Gasteiger charge is -2.37. The maximum atomic E-state index is 12.6. The number of piperidine rings is 1. The minimum atomic E-state index is 0.0131. The molecule has 0 aromatic carbocycles. The van der Waals surface area contributed by atoms with Gasteiger partial charge in [0.05, 0.1) is 6.04 Å². The number of nitrogens with one attached hydrogen (secondary N) is 2. The van der Waals surface area contributed by atoms with E-state index >= 15 is 0 Å². The zero-order chi connectivity index (χ0) is 14.7. The number of likely N-dealkylation sites (tertiary alicyclic amines) is 1. The second kappa shape index (κ2) is 6.64. The number of urea groups is 1. The molecule has 0 saturated carbocycles. The Kier molecular flexibility index (Phi) is 4.63. The molecule has 0 bridgehead atoms. The van der Waals surface area contributed by atoms with Crippen molar-refractivity contribution in [3.8, 4) is 0 Å². The zero-order valence-corrected chi connectivity index (χ0v) is 12.6. The van der Waals surface area contributed by atoms with Crippen LogP contribution in [0.4, 0.5) is 4.79 Å². The average Bonchev–Trinajstić information content (AvgIpc) is 2.78. The summed E-state index contributed by atoms with van der Waals surface area (Å²) in [5.74, 6) is 0.265. The summed E-state index contributed by atoms with van der Waals surface area (Å²) in [6.07, 6.45) is 6.33. The predicted molar refractivity (Wildman–Crippen MR) is 80.0 cm³/mol. The summed E-state index contributed by atoms with van der Waals surface area (Å²) in [7, 11) is 0. The van der Waals surface area contributed by atoms with Crippen molar-refractivity contribution in [1.29, 1.82) is 0 Å². The first-order chi connectivity index (χ1) is 10.3. The Labute approximate surface area is 126 Å². The minimum absolute atomic E-state index is 0.0131. The van der Waals surface area contributed by atoms with Crippen molar-refractivity contribution in [3.05, 3.63) is 0 Å². The lowest BCUT2D eigenvalue weighted by molar-refractivity contribution is -0.135. The van der Waals surface area contributed by atoms with Crippen molar-refractivity contribution in [2.45, 2.75) is 50.6 Å². The van der Waals surface area contributed by atoms with Gasteiger partial charge in [-0.1, -0.05) is 12.8 Å². The van der Waals surface area contributed by atoms with E-state index in [0.29, 0.717) is 6.04 Å². The van der Waals surface area contributed by atoms with Gasteiger partial charge in [0.25, 0.3) is 0 Å². The van der Waals surface area contributed by atoms with Gasteiger partial charge >= 0.3 is 6.03 Å². The Morgan fingerprint density at radius 3 is 2.52 bits per heavy atom. The molecule has 1 unspecified atom stereocenters. The quantitative estimate of drug-likeness (QED) is 0.781. The molecule has 2 N–H and O–H groups in total. The highest BCUT2D eigenvalue weighted by Gasteiger charge is 2.33. The van der Waals surface area contributed by atoms with Gasteiger partial charge in [-0.25, -0.2) is 4.79 Å². The van der Waals surface area contributed by atoms with E-state index in [0.717, 1.165) is 58.4 Å². The number of hydrogen-bond acceptors (Lipinski definition) is 3. The Hall–Kier alpha value is -1.30. The Morgan fingerprint density at radius 1 is 1.00 bits per heavy atom. The molecule has 6 heteroatoms. The molecule has 3 amide bonds. The molecule has 0 aromatic rings. The highest BCUT2D eigenvalue weighted by molar-refractivity contribution is 5.82. The van der Waals surface area contributed by atoms with Crippen LogP contribution in [0, 0.1) is 0 Å². The van der Waals surface area contributed by atoms with Gasteiger partial charge in [-0.15, -0.1) is 0 Å². The second-order valence-electron chi connectivity index (χ2n) is 6.34. The van der Waals surface area contributed by atoms with Crippen molar-refractivity contribution in [2.24, 2.45) is 0 Å². The monoisotopic (exact) mass is 294 g/mol. The van der Waals surface area contributed by atoms with E-state index in [1.54, 1.807) is 0 Å². The molecule has 6 nitrogen and oxygen atoms in total. The number of amides is 3. The third-order valence-corrected chi connectivity index (χ3v) is 4.97. The van der Waals surface area contributed by atoms with E-state index in [4.69, 9.17) is 0 Å². The summed E-state index contributed by atoms with van der Waals surface area (Å²) in [6, 6.07) is 0.378. The molecule has 3 aliphatic rings. The first-order valence-corrected chi connectivity index (χ1v) is 8.32. The lowest BCUT2D eigenvalue weighted by atomic mass is 10.0. The summed E-state index contributed by atoms with van der Waals surface area (Å²) in [5, 5.41) is 6.24. The highest BCUT2D eigenvalue weighted by Crippen LogP contribution is 2.20. The van der Waals surface area contributed by atoms with Gasteiger partial charge in [0.2, 0.25) is 5.91 Å². The summed E-state index contributed by atoms with van der Waals surface area (Å²) in [5.41, 5.74) is 0. The van der Waals surface area contributed by atoms with Gasteiger partial charge in [0.1, 0.15) is 0 Å². The number of carbonyl (C=O) groups excluding carboxylic acids is 2. The molecule has 1 atom stereocenters. The minimum Gasteiger partial charge on any atom is -0.341 e. The standard InChI is InChI=1S/C15H26N4O2/c20-14(13-4-2-1-3-7-16-13)18-9-5-12(6-10-18)19-11-8-17-15(19)21/h12-13,16H,1-11H2,(H,17,21). The van der Waals surface area contributed by atoms with Crippen LogP contribution in [0.3, 0.4) is 0 Å². The molecule has 0 spiro atoms. The topological polar surface area (TPSA) is 64.7 Å². The fourth-order valence-electron chi connectivity index (χ4n) is 3.69. The molecule has 3 fully saturated rings. The van der Waals surface area contributed by atoms with E-state index in [9.17, 15) is 9.59 Å². The first kappa shape index (κ1) is 14.6. The number of carbonyl (C=O) groups is 2. The average molecular weight is 294 g/mol. The van der Waals surface area contributed by atoms with Crippen LogP contribution in [-0.4, -0.2) is 66.5 Å². The number of rotatable bonds is 2. The second-order valence-corrected chi connectivity index (χ2v) is 6.34. The fraction of sp³-hybridized carbons (Fsp3) is 0.867. The number of hydrogen-bond donors (Lipinski definition) is 2. The molecule has 3 saturated heterocycles. The smallest absolute Gasteiger partial charge is 0.317 e. The summed E-state index contributed by atoms with van der Waals surface area (Å²) in [4.78, 5) is 28.2. The lowest BCUT2D eigenvalue weighted by Crippen LogP contribution is -2.52. The van der Waals surface area contributed by atoms with Crippen LogP contribution < -0.4 is 10.6 Å². The van der Waals surface area contributed by atoms with Gasteiger partial charge < -0.3 is 20.4 Å². The Bertz CT molecular complexity index is 385. The maximum absolute atomic E-state index is 12.6. The molecule has 0 aliphatic carbocycles. The Balaban J connectivity index is 1.50. The normalized spacial score (nSPS) is 28.4. The van der Waals surface area contributed by atoms with Crippen molar-refractivity contribution in [1.82, 2.24) is 20.4 Å². The van der Waals surface area contributed by atoms with E-state index in [-0.39, 0.29) is 18.0 Å². The van der Waals surface area contributed by atoms with Gasteiger partial charge in [-0.2, -0.15) is 0 Å². The Morgan fingerprint density at radius 2 is 1.81 bits per heavy atom. The molecule has 118 valence electrons. The molecule has 0 radical (unpaired) electrons. The maximum Gasteiger partial charge on any atom is 0.317 e. The van der Waals surface area contributed by atoms with Crippen LogP contribution in [-0.2, 0) is 4.79 Å². The third kappa shape index (κ3) is 3.31. The largest absolute Gasteiger partial charge is 0.341 e. The molecule has 3 aliphatic heterocycles. The SMILES string of the molecule is O=C(C1CCCCCN1)N1CCC(N2CCNC2=O)CC1. The highest BCUT2D eigenvalue weighted by atomic mass is 16.2. The van der Waals surface area contributed by atoms with Crippen LogP contribution in [0.25, 0.3) is 0 Å². The molecular weight excluding hydrogens is 268 g/mol. The third-order valence-electron chi connectivity index (χ3n) is 4.97. The zero-order valence-electron chi connectivity index (χ0n) is 12.6. The van der Waals surface area contributed by atoms with Gasteiger partial charge in [0, 0.05) is 32.2 Å². The molecule has 3 heterocycles. The molecular formula is C15H26N4O2. The van der Waals surface area contributed by atoms with Crippen molar-refractivity contribution in [3.63, 3.8) is 0 Å². The predicted octanol–water partition coefficient (Wildman–Crippen LogP) is 0.535. The van der Waals surface area contributed by atoms with Crippen LogP contribution >= 0.6 is 0 Å². The van der Waals surface area contributed by atoms with E-state index in [2.05, 4.69) is 10.6 Å².